The molecule has 0 saturated heterocycles. The first-order chi connectivity index (χ1) is 11.7. The number of anilines is 1. The standard InChI is InChI=1S/C20H19N3O/c1-3-17-22-19(20(23(17)4-2)21-14-10-11-14)18-15-8-6-5-7-13(15)9-12-16(18)24/h3-9,12,14,21,24H,1-2,10-11H2. The smallest absolute Gasteiger partial charge is 0.139 e. The summed E-state index contributed by atoms with van der Waals surface area (Å²) in [6.45, 7) is 7.74. The Morgan fingerprint density at radius 2 is 1.96 bits per heavy atom. The van der Waals surface area contributed by atoms with Crippen molar-refractivity contribution in [3.05, 3.63) is 55.4 Å². The lowest BCUT2D eigenvalue weighted by atomic mass is 10.0. The molecule has 1 aliphatic carbocycles. The normalized spacial score (nSPS) is 13.8. The summed E-state index contributed by atoms with van der Waals surface area (Å²) >= 11 is 0. The van der Waals surface area contributed by atoms with E-state index in [0.717, 1.165) is 40.7 Å². The van der Waals surface area contributed by atoms with Crippen LogP contribution in [0.2, 0.25) is 0 Å². The average molecular weight is 317 g/mol. The monoisotopic (exact) mass is 317 g/mol. The van der Waals surface area contributed by atoms with E-state index in [4.69, 9.17) is 4.98 Å². The molecule has 1 aromatic heterocycles. The maximum Gasteiger partial charge on any atom is 0.139 e. The molecule has 0 spiro atoms. The number of aromatic hydroxyl groups is 1. The summed E-state index contributed by atoms with van der Waals surface area (Å²) in [4.78, 5) is 4.71. The third-order valence-electron chi connectivity index (χ3n) is 4.37. The lowest BCUT2D eigenvalue weighted by Crippen LogP contribution is -2.06. The minimum atomic E-state index is 0.219. The van der Waals surface area contributed by atoms with E-state index >= 15 is 0 Å². The van der Waals surface area contributed by atoms with Gasteiger partial charge in [0, 0.05) is 12.2 Å². The van der Waals surface area contributed by atoms with Gasteiger partial charge >= 0.3 is 0 Å². The van der Waals surface area contributed by atoms with E-state index in [2.05, 4.69) is 18.5 Å². The van der Waals surface area contributed by atoms with Crippen molar-refractivity contribution in [1.82, 2.24) is 9.55 Å². The number of nitrogens with zero attached hydrogens (tertiary/aromatic N) is 2. The van der Waals surface area contributed by atoms with Gasteiger partial charge in [0.1, 0.15) is 23.1 Å². The summed E-state index contributed by atoms with van der Waals surface area (Å²) in [7, 11) is 0. The van der Waals surface area contributed by atoms with E-state index in [-0.39, 0.29) is 5.75 Å². The third-order valence-corrected chi connectivity index (χ3v) is 4.37. The van der Waals surface area contributed by atoms with Gasteiger partial charge in [0.15, 0.2) is 0 Å². The van der Waals surface area contributed by atoms with Crippen LogP contribution in [0.4, 0.5) is 5.82 Å². The van der Waals surface area contributed by atoms with Crippen LogP contribution in [0.5, 0.6) is 5.75 Å². The summed E-state index contributed by atoms with van der Waals surface area (Å²) in [5.74, 6) is 1.78. The van der Waals surface area contributed by atoms with Gasteiger partial charge in [-0.1, -0.05) is 43.5 Å². The van der Waals surface area contributed by atoms with Crippen molar-refractivity contribution in [1.29, 1.82) is 0 Å². The van der Waals surface area contributed by atoms with E-state index in [1.165, 1.54) is 0 Å². The van der Waals surface area contributed by atoms with Crippen LogP contribution in [0, 0.1) is 0 Å². The number of aromatic nitrogens is 2. The Hall–Kier alpha value is -3.01. The lowest BCUT2D eigenvalue weighted by Gasteiger charge is -2.12. The van der Waals surface area contributed by atoms with Crippen LogP contribution in [0.1, 0.15) is 18.7 Å². The van der Waals surface area contributed by atoms with Gasteiger partial charge in [-0.3, -0.25) is 4.57 Å². The van der Waals surface area contributed by atoms with Crippen LogP contribution in [0.25, 0.3) is 34.3 Å². The topological polar surface area (TPSA) is 50.1 Å². The number of phenols is 1. The Balaban J connectivity index is 2.02. The summed E-state index contributed by atoms with van der Waals surface area (Å²) < 4.78 is 1.89. The molecule has 1 fully saturated rings. The number of benzene rings is 2. The highest BCUT2D eigenvalue weighted by molar-refractivity contribution is 6.01. The molecule has 0 unspecified atom stereocenters. The van der Waals surface area contributed by atoms with E-state index < -0.39 is 0 Å². The molecule has 24 heavy (non-hydrogen) atoms. The number of hydrogen-bond donors (Lipinski definition) is 2. The molecule has 0 radical (unpaired) electrons. The average Bonchev–Trinajstić information content (AvgIpc) is 3.35. The predicted octanol–water partition coefficient (Wildman–Crippen LogP) is 4.73. The van der Waals surface area contributed by atoms with Crippen LogP contribution >= 0.6 is 0 Å². The van der Waals surface area contributed by atoms with Gasteiger partial charge in [-0.2, -0.15) is 0 Å². The van der Waals surface area contributed by atoms with Crippen LogP contribution in [-0.2, 0) is 0 Å². The summed E-state index contributed by atoms with van der Waals surface area (Å²) in [6.07, 6.45) is 5.71. The second-order valence-corrected chi connectivity index (χ2v) is 6.02. The molecule has 0 atom stereocenters. The molecule has 1 heterocycles. The van der Waals surface area contributed by atoms with Crippen molar-refractivity contribution in [3.8, 4) is 17.0 Å². The van der Waals surface area contributed by atoms with Crippen molar-refractivity contribution in [2.45, 2.75) is 18.9 Å². The molecule has 120 valence electrons. The highest BCUT2D eigenvalue weighted by atomic mass is 16.3. The SMILES string of the molecule is C=Cc1nc(-c2c(O)ccc3ccccc23)c(NC2CC2)n1C=C. The van der Waals surface area contributed by atoms with E-state index in [1.807, 2.05) is 34.9 Å². The fraction of sp³-hybridized carbons (Fsp3) is 0.150. The molecule has 4 heteroatoms. The Labute approximate surface area is 140 Å². The Morgan fingerprint density at radius 1 is 1.17 bits per heavy atom. The molecular weight excluding hydrogens is 298 g/mol. The Bertz CT molecular complexity index is 951. The first-order valence-corrected chi connectivity index (χ1v) is 8.07. The number of nitrogens with one attached hydrogen (secondary N) is 1. The van der Waals surface area contributed by atoms with Crippen molar-refractivity contribution in [2.24, 2.45) is 0 Å². The van der Waals surface area contributed by atoms with Crippen LogP contribution in [-0.4, -0.2) is 20.7 Å². The first kappa shape index (κ1) is 14.6. The van der Waals surface area contributed by atoms with Gasteiger partial charge in [-0.05, 0) is 35.8 Å². The zero-order valence-electron chi connectivity index (χ0n) is 13.4. The minimum absolute atomic E-state index is 0.219. The van der Waals surface area contributed by atoms with E-state index in [9.17, 15) is 5.11 Å². The Morgan fingerprint density at radius 3 is 2.67 bits per heavy atom. The summed E-state index contributed by atoms with van der Waals surface area (Å²) in [6, 6.07) is 12.1. The molecule has 1 aliphatic rings. The molecule has 0 amide bonds. The lowest BCUT2D eigenvalue weighted by molar-refractivity contribution is 0.478. The maximum absolute atomic E-state index is 10.6. The fourth-order valence-electron chi connectivity index (χ4n) is 3.02. The van der Waals surface area contributed by atoms with Gasteiger partial charge in [-0.15, -0.1) is 0 Å². The van der Waals surface area contributed by atoms with Gasteiger partial charge in [0.2, 0.25) is 0 Å². The quantitative estimate of drug-likeness (QED) is 0.715. The number of rotatable bonds is 5. The van der Waals surface area contributed by atoms with E-state index in [0.29, 0.717) is 11.9 Å². The minimum Gasteiger partial charge on any atom is -0.507 e. The molecule has 4 nitrogen and oxygen atoms in total. The van der Waals surface area contributed by atoms with Gasteiger partial charge in [-0.25, -0.2) is 4.98 Å². The van der Waals surface area contributed by atoms with Crippen LogP contribution < -0.4 is 5.32 Å². The van der Waals surface area contributed by atoms with Crippen molar-refractivity contribution in [3.63, 3.8) is 0 Å². The number of hydrogen-bond acceptors (Lipinski definition) is 3. The van der Waals surface area contributed by atoms with Crippen molar-refractivity contribution < 1.29 is 5.11 Å². The molecule has 0 bridgehead atoms. The highest BCUT2D eigenvalue weighted by Gasteiger charge is 2.27. The molecular formula is C20H19N3O. The summed E-state index contributed by atoms with van der Waals surface area (Å²) in [5, 5.41) is 16.1. The number of phenolic OH excluding ortho intramolecular Hbond substituents is 1. The van der Waals surface area contributed by atoms with Gasteiger partial charge in [0.25, 0.3) is 0 Å². The molecule has 4 rings (SSSR count). The van der Waals surface area contributed by atoms with Crippen LogP contribution in [0.3, 0.4) is 0 Å². The van der Waals surface area contributed by atoms with Crippen molar-refractivity contribution in [2.75, 3.05) is 5.32 Å². The van der Waals surface area contributed by atoms with Gasteiger partial charge in [0.05, 0.1) is 5.56 Å². The molecule has 2 aromatic carbocycles. The molecule has 2 N–H and O–H groups in total. The zero-order chi connectivity index (χ0) is 16.7. The second kappa shape index (κ2) is 5.57. The van der Waals surface area contributed by atoms with E-state index in [1.54, 1.807) is 18.3 Å². The summed E-state index contributed by atoms with van der Waals surface area (Å²) in [5.41, 5.74) is 1.46. The molecule has 1 saturated carbocycles. The number of imidazole rings is 1. The molecule has 3 aromatic rings. The van der Waals surface area contributed by atoms with Crippen molar-refractivity contribution >= 4 is 28.9 Å². The Kier molecular flexibility index (Phi) is 3.38. The number of fused-ring (bicyclic) bond motifs is 1. The fourth-order valence-corrected chi connectivity index (χ4v) is 3.02. The third kappa shape index (κ3) is 2.27. The maximum atomic E-state index is 10.6. The van der Waals surface area contributed by atoms with Gasteiger partial charge < -0.3 is 10.4 Å². The first-order valence-electron chi connectivity index (χ1n) is 8.07. The predicted molar refractivity (Wildman–Crippen MR) is 100.0 cm³/mol. The molecule has 0 aliphatic heterocycles. The van der Waals surface area contributed by atoms with Crippen LogP contribution in [0.15, 0.2) is 49.6 Å². The second-order valence-electron chi connectivity index (χ2n) is 6.02. The highest BCUT2D eigenvalue weighted by Crippen LogP contribution is 2.41. The zero-order valence-corrected chi connectivity index (χ0v) is 13.4. The largest absolute Gasteiger partial charge is 0.507 e.